The molecule has 0 aromatic carbocycles. The molecular formula is C16H23N5O2. The van der Waals surface area contributed by atoms with Crippen molar-refractivity contribution in [3.8, 4) is 5.82 Å². The van der Waals surface area contributed by atoms with Gasteiger partial charge in [0.05, 0.1) is 0 Å². The van der Waals surface area contributed by atoms with E-state index in [4.69, 9.17) is 5.11 Å². The number of aliphatic hydroxyl groups excluding tert-OH is 1. The van der Waals surface area contributed by atoms with Crippen molar-refractivity contribution >= 4 is 6.03 Å². The average Bonchev–Trinajstić information content (AvgIpc) is 3.07. The van der Waals surface area contributed by atoms with E-state index < -0.39 is 0 Å². The lowest BCUT2D eigenvalue weighted by molar-refractivity contribution is 0.218. The van der Waals surface area contributed by atoms with E-state index in [0.717, 1.165) is 11.4 Å². The van der Waals surface area contributed by atoms with E-state index in [0.29, 0.717) is 13.0 Å². The van der Waals surface area contributed by atoms with Gasteiger partial charge in [-0.3, -0.25) is 4.57 Å². The number of carbonyl (C=O) groups is 1. The van der Waals surface area contributed by atoms with E-state index in [-0.39, 0.29) is 24.6 Å². The molecular weight excluding hydrogens is 294 g/mol. The zero-order chi connectivity index (χ0) is 16.7. The third-order valence-electron chi connectivity index (χ3n) is 3.59. The Labute approximate surface area is 135 Å². The third kappa shape index (κ3) is 5.07. The second-order valence-electron chi connectivity index (χ2n) is 5.68. The second-order valence-corrected chi connectivity index (χ2v) is 5.68. The molecule has 0 saturated carbocycles. The number of amides is 2. The maximum absolute atomic E-state index is 11.9. The van der Waals surface area contributed by atoms with E-state index in [1.807, 2.05) is 36.7 Å². The fourth-order valence-corrected chi connectivity index (χ4v) is 2.18. The fourth-order valence-electron chi connectivity index (χ4n) is 2.18. The van der Waals surface area contributed by atoms with Crippen molar-refractivity contribution in [2.45, 2.75) is 32.9 Å². The van der Waals surface area contributed by atoms with Crippen molar-refractivity contribution in [1.29, 1.82) is 0 Å². The van der Waals surface area contributed by atoms with Crippen LogP contribution in [-0.2, 0) is 6.54 Å². The van der Waals surface area contributed by atoms with Crippen molar-refractivity contribution in [3.05, 3.63) is 42.6 Å². The molecule has 7 nitrogen and oxygen atoms in total. The number of urea groups is 1. The average molecular weight is 317 g/mol. The van der Waals surface area contributed by atoms with Gasteiger partial charge in [0, 0.05) is 37.8 Å². The quantitative estimate of drug-likeness (QED) is 0.721. The van der Waals surface area contributed by atoms with Crippen LogP contribution in [0.25, 0.3) is 5.82 Å². The van der Waals surface area contributed by atoms with Crippen LogP contribution < -0.4 is 10.6 Å². The number of carbonyl (C=O) groups excluding carboxylic acids is 1. The summed E-state index contributed by atoms with van der Waals surface area (Å²) in [6, 6.07) is 3.51. The molecule has 0 spiro atoms. The highest BCUT2D eigenvalue weighted by atomic mass is 16.3. The van der Waals surface area contributed by atoms with Crippen LogP contribution in [0.1, 0.15) is 25.8 Å². The summed E-state index contributed by atoms with van der Waals surface area (Å²) in [5.74, 6) is 1.04. The Hall–Kier alpha value is -2.41. The molecule has 2 aromatic heterocycles. The molecule has 0 radical (unpaired) electrons. The van der Waals surface area contributed by atoms with Gasteiger partial charge in [0.15, 0.2) is 0 Å². The maximum atomic E-state index is 11.9. The standard InChI is InChI=1S/C16H23N5O2/c1-12(2)14(5-8-22)20-16(23)19-10-13-3-4-15(18-9-13)21-7-6-17-11-21/h3-4,6-7,9,11-12,14,22H,5,8,10H2,1-2H3,(H2,19,20,23). The highest BCUT2D eigenvalue weighted by Crippen LogP contribution is 2.06. The highest BCUT2D eigenvalue weighted by molar-refractivity contribution is 5.74. The van der Waals surface area contributed by atoms with Gasteiger partial charge in [0.25, 0.3) is 0 Å². The molecule has 3 N–H and O–H groups in total. The highest BCUT2D eigenvalue weighted by Gasteiger charge is 2.15. The maximum Gasteiger partial charge on any atom is 0.315 e. The first-order valence-electron chi connectivity index (χ1n) is 7.68. The number of pyridine rings is 1. The van der Waals surface area contributed by atoms with E-state index in [1.165, 1.54) is 0 Å². The number of hydrogen-bond acceptors (Lipinski definition) is 4. The second kappa shape index (κ2) is 8.28. The SMILES string of the molecule is CC(C)C(CCO)NC(=O)NCc1ccc(-n2ccnc2)nc1. The molecule has 7 heteroatoms. The Morgan fingerprint density at radius 2 is 2.22 bits per heavy atom. The van der Waals surface area contributed by atoms with Gasteiger partial charge < -0.3 is 15.7 Å². The molecule has 0 aliphatic rings. The first-order valence-corrected chi connectivity index (χ1v) is 7.68. The summed E-state index contributed by atoms with van der Waals surface area (Å²) in [6.45, 7) is 4.48. The molecule has 124 valence electrons. The van der Waals surface area contributed by atoms with Crippen LogP contribution in [0.4, 0.5) is 4.79 Å². The van der Waals surface area contributed by atoms with Crippen LogP contribution in [0, 0.1) is 5.92 Å². The predicted octanol–water partition coefficient (Wildman–Crippen LogP) is 1.47. The van der Waals surface area contributed by atoms with E-state index in [2.05, 4.69) is 20.6 Å². The summed E-state index contributed by atoms with van der Waals surface area (Å²) in [6.07, 6.45) is 7.47. The zero-order valence-electron chi connectivity index (χ0n) is 13.4. The van der Waals surface area contributed by atoms with E-state index in [1.54, 1.807) is 18.7 Å². The molecule has 2 heterocycles. The molecule has 2 amide bonds. The zero-order valence-corrected chi connectivity index (χ0v) is 13.4. The molecule has 2 rings (SSSR count). The topological polar surface area (TPSA) is 92.1 Å². The number of hydrogen-bond donors (Lipinski definition) is 3. The summed E-state index contributed by atoms with van der Waals surface area (Å²) in [7, 11) is 0. The van der Waals surface area contributed by atoms with Crippen molar-refractivity contribution in [3.63, 3.8) is 0 Å². The Kier molecular flexibility index (Phi) is 6.10. The van der Waals surface area contributed by atoms with Crippen LogP contribution in [0.2, 0.25) is 0 Å². The van der Waals surface area contributed by atoms with Crippen molar-refractivity contribution in [1.82, 2.24) is 25.2 Å². The minimum atomic E-state index is -0.240. The lowest BCUT2D eigenvalue weighted by Crippen LogP contribution is -2.44. The van der Waals surface area contributed by atoms with Crippen LogP contribution in [0.15, 0.2) is 37.1 Å². The molecule has 23 heavy (non-hydrogen) atoms. The molecule has 0 bridgehead atoms. The summed E-state index contributed by atoms with van der Waals surface area (Å²) < 4.78 is 1.81. The molecule has 1 unspecified atom stereocenters. The van der Waals surface area contributed by atoms with Gasteiger partial charge in [-0.2, -0.15) is 0 Å². The molecule has 0 fully saturated rings. The number of rotatable bonds is 7. The van der Waals surface area contributed by atoms with Crippen molar-refractivity contribution in [2.75, 3.05) is 6.61 Å². The van der Waals surface area contributed by atoms with E-state index in [9.17, 15) is 4.79 Å². The molecule has 1 atom stereocenters. The van der Waals surface area contributed by atoms with Crippen molar-refractivity contribution in [2.24, 2.45) is 5.92 Å². The number of nitrogens with zero attached hydrogens (tertiary/aromatic N) is 3. The van der Waals surface area contributed by atoms with Crippen LogP contribution in [0.5, 0.6) is 0 Å². The minimum Gasteiger partial charge on any atom is -0.396 e. The Morgan fingerprint density at radius 1 is 1.39 bits per heavy atom. The van der Waals surface area contributed by atoms with Crippen LogP contribution in [-0.4, -0.2) is 38.3 Å². The third-order valence-corrected chi connectivity index (χ3v) is 3.59. The van der Waals surface area contributed by atoms with Gasteiger partial charge in [-0.1, -0.05) is 19.9 Å². The normalized spacial score (nSPS) is 12.2. The largest absolute Gasteiger partial charge is 0.396 e. The first-order chi connectivity index (χ1) is 11.1. The molecule has 0 saturated heterocycles. The van der Waals surface area contributed by atoms with Gasteiger partial charge in [0.2, 0.25) is 0 Å². The van der Waals surface area contributed by atoms with Gasteiger partial charge in [0.1, 0.15) is 12.1 Å². The number of aromatic nitrogens is 3. The Bertz CT molecular complexity index is 595. The Morgan fingerprint density at radius 3 is 2.78 bits per heavy atom. The lowest BCUT2D eigenvalue weighted by atomic mass is 10.0. The van der Waals surface area contributed by atoms with Crippen molar-refractivity contribution < 1.29 is 9.90 Å². The summed E-state index contributed by atoms with van der Waals surface area (Å²) >= 11 is 0. The monoisotopic (exact) mass is 317 g/mol. The smallest absolute Gasteiger partial charge is 0.315 e. The molecule has 0 aliphatic heterocycles. The first kappa shape index (κ1) is 17.0. The van der Waals surface area contributed by atoms with Gasteiger partial charge >= 0.3 is 6.03 Å². The van der Waals surface area contributed by atoms with E-state index >= 15 is 0 Å². The van der Waals surface area contributed by atoms with Crippen LogP contribution >= 0.6 is 0 Å². The van der Waals surface area contributed by atoms with Gasteiger partial charge in [-0.15, -0.1) is 0 Å². The van der Waals surface area contributed by atoms with Gasteiger partial charge in [-0.05, 0) is 24.0 Å². The summed E-state index contributed by atoms with van der Waals surface area (Å²) in [4.78, 5) is 20.2. The number of imidazole rings is 1. The number of aliphatic hydroxyl groups is 1. The predicted molar refractivity (Wildman–Crippen MR) is 87.1 cm³/mol. The Balaban J connectivity index is 1.84. The van der Waals surface area contributed by atoms with Crippen LogP contribution in [0.3, 0.4) is 0 Å². The molecule has 0 aliphatic carbocycles. The summed E-state index contributed by atoms with van der Waals surface area (Å²) in [5.41, 5.74) is 0.910. The fraction of sp³-hybridized carbons (Fsp3) is 0.438. The minimum absolute atomic E-state index is 0.0401. The summed E-state index contributed by atoms with van der Waals surface area (Å²) in [5, 5.41) is 14.7. The van der Waals surface area contributed by atoms with Gasteiger partial charge in [-0.25, -0.2) is 14.8 Å². The lowest BCUT2D eigenvalue weighted by Gasteiger charge is -2.21. The molecule has 2 aromatic rings. The number of nitrogens with one attached hydrogen (secondary N) is 2.